The summed E-state index contributed by atoms with van der Waals surface area (Å²) in [4.78, 5) is 22.4. The average molecular weight is 467 g/mol. The van der Waals surface area contributed by atoms with Gasteiger partial charge in [-0.3, -0.25) is 14.4 Å². The number of halogens is 1. The molecule has 3 heterocycles. The van der Waals surface area contributed by atoms with Crippen molar-refractivity contribution >= 4 is 17.9 Å². The standard InChI is InChI=1S/C25H31FN6O2/c1-2-3-21-12-20(18-33)13-22(24(21)26)5-4-19-14-27-25(28-15-19)30-23-16-29-32(17-23)7-6-31-8-10-34-11-9-31/h12-18H,2-11H2,1H3,(H,27,28,30). The summed E-state index contributed by atoms with van der Waals surface area (Å²) in [6, 6.07) is 3.28. The number of ether oxygens (including phenoxy) is 1. The molecule has 0 atom stereocenters. The molecule has 8 nitrogen and oxygen atoms in total. The Morgan fingerprint density at radius 3 is 2.50 bits per heavy atom. The van der Waals surface area contributed by atoms with Crippen molar-refractivity contribution in [2.45, 2.75) is 39.2 Å². The minimum Gasteiger partial charge on any atom is -0.379 e. The Labute approximate surface area is 199 Å². The number of nitrogens with one attached hydrogen (secondary N) is 1. The molecule has 1 N–H and O–H groups in total. The van der Waals surface area contributed by atoms with Crippen molar-refractivity contribution in [1.82, 2.24) is 24.6 Å². The second kappa shape index (κ2) is 11.8. The summed E-state index contributed by atoms with van der Waals surface area (Å²) in [6.07, 6.45) is 10.5. The van der Waals surface area contributed by atoms with Gasteiger partial charge >= 0.3 is 0 Å². The highest BCUT2D eigenvalue weighted by molar-refractivity contribution is 5.75. The SMILES string of the molecule is CCCc1cc(C=O)cc(CCc2cnc(Nc3cnn(CCN4CCOCC4)c3)nc2)c1F. The van der Waals surface area contributed by atoms with Crippen LogP contribution < -0.4 is 5.32 Å². The monoisotopic (exact) mass is 466 g/mol. The van der Waals surface area contributed by atoms with Crippen LogP contribution in [-0.4, -0.2) is 63.8 Å². The number of aldehydes is 1. The van der Waals surface area contributed by atoms with Gasteiger partial charge in [0.2, 0.25) is 5.95 Å². The van der Waals surface area contributed by atoms with Gasteiger partial charge in [0, 0.05) is 43.8 Å². The van der Waals surface area contributed by atoms with Crippen molar-refractivity contribution in [1.29, 1.82) is 0 Å². The Morgan fingerprint density at radius 1 is 1.06 bits per heavy atom. The highest BCUT2D eigenvalue weighted by atomic mass is 19.1. The molecule has 0 aliphatic carbocycles. The number of nitrogens with zero attached hydrogens (tertiary/aromatic N) is 5. The molecule has 180 valence electrons. The predicted molar refractivity (Wildman–Crippen MR) is 128 cm³/mol. The molecule has 2 aromatic heterocycles. The summed E-state index contributed by atoms with van der Waals surface area (Å²) in [5.41, 5.74) is 3.40. The van der Waals surface area contributed by atoms with Crippen molar-refractivity contribution in [3.63, 3.8) is 0 Å². The Hall–Kier alpha value is -3.17. The summed E-state index contributed by atoms with van der Waals surface area (Å²) in [7, 11) is 0. The fourth-order valence-corrected chi connectivity index (χ4v) is 4.05. The van der Waals surface area contributed by atoms with E-state index in [1.165, 1.54) is 0 Å². The molecule has 0 amide bonds. The zero-order valence-electron chi connectivity index (χ0n) is 19.5. The maximum atomic E-state index is 14.8. The number of anilines is 2. The van der Waals surface area contributed by atoms with E-state index in [1.54, 1.807) is 30.7 Å². The van der Waals surface area contributed by atoms with Crippen LogP contribution in [0.25, 0.3) is 0 Å². The van der Waals surface area contributed by atoms with Gasteiger partial charge in [-0.2, -0.15) is 5.10 Å². The van der Waals surface area contributed by atoms with E-state index in [-0.39, 0.29) is 5.82 Å². The molecule has 0 bridgehead atoms. The number of hydrogen-bond acceptors (Lipinski definition) is 7. The number of aryl methyl sites for hydroxylation is 3. The van der Waals surface area contributed by atoms with Gasteiger partial charge in [-0.15, -0.1) is 0 Å². The number of benzene rings is 1. The third kappa shape index (κ3) is 6.45. The highest BCUT2D eigenvalue weighted by Gasteiger charge is 2.12. The first-order valence-corrected chi connectivity index (χ1v) is 11.8. The summed E-state index contributed by atoms with van der Waals surface area (Å²) in [6.45, 7) is 7.24. The van der Waals surface area contributed by atoms with E-state index in [0.717, 1.165) is 63.4 Å². The van der Waals surface area contributed by atoms with E-state index in [0.29, 0.717) is 41.9 Å². The van der Waals surface area contributed by atoms with Gasteiger partial charge < -0.3 is 10.1 Å². The number of morpholine rings is 1. The topological polar surface area (TPSA) is 85.2 Å². The molecule has 4 rings (SSSR count). The van der Waals surface area contributed by atoms with Gasteiger partial charge in [0.1, 0.15) is 12.1 Å². The Bertz CT molecular complexity index is 1080. The highest BCUT2D eigenvalue weighted by Crippen LogP contribution is 2.19. The van der Waals surface area contributed by atoms with Crippen LogP contribution in [0.5, 0.6) is 0 Å². The zero-order valence-corrected chi connectivity index (χ0v) is 19.5. The summed E-state index contributed by atoms with van der Waals surface area (Å²) in [5, 5.41) is 7.57. The van der Waals surface area contributed by atoms with E-state index in [2.05, 4.69) is 25.3 Å². The van der Waals surface area contributed by atoms with Gasteiger partial charge in [0.25, 0.3) is 0 Å². The molecular formula is C25H31FN6O2. The summed E-state index contributed by atoms with van der Waals surface area (Å²) in [5.74, 6) is 0.271. The molecule has 1 aliphatic heterocycles. The van der Waals surface area contributed by atoms with Crippen LogP contribution in [0, 0.1) is 5.82 Å². The van der Waals surface area contributed by atoms with Crippen LogP contribution >= 0.6 is 0 Å². The number of carbonyl (C=O) groups is 1. The molecule has 34 heavy (non-hydrogen) atoms. The van der Waals surface area contributed by atoms with Gasteiger partial charge in [-0.25, -0.2) is 14.4 Å². The third-order valence-electron chi connectivity index (χ3n) is 5.93. The largest absolute Gasteiger partial charge is 0.379 e. The van der Waals surface area contributed by atoms with Crippen molar-refractivity contribution < 1.29 is 13.9 Å². The van der Waals surface area contributed by atoms with E-state index in [9.17, 15) is 9.18 Å². The van der Waals surface area contributed by atoms with E-state index < -0.39 is 0 Å². The fraction of sp³-hybridized carbons (Fsp3) is 0.440. The minimum atomic E-state index is -0.211. The average Bonchev–Trinajstić information content (AvgIpc) is 3.32. The Morgan fingerprint density at radius 2 is 1.79 bits per heavy atom. The predicted octanol–water partition coefficient (Wildman–Crippen LogP) is 3.44. The first-order valence-electron chi connectivity index (χ1n) is 11.8. The van der Waals surface area contributed by atoms with Crippen LogP contribution in [-0.2, 0) is 30.5 Å². The van der Waals surface area contributed by atoms with Gasteiger partial charge in [0.15, 0.2) is 0 Å². The summed E-state index contributed by atoms with van der Waals surface area (Å²) < 4.78 is 22.1. The minimum absolute atomic E-state index is 0.211. The lowest BCUT2D eigenvalue weighted by molar-refractivity contribution is 0.0360. The lowest BCUT2D eigenvalue weighted by Gasteiger charge is -2.26. The van der Waals surface area contributed by atoms with Crippen LogP contribution in [0.15, 0.2) is 36.9 Å². The molecule has 0 radical (unpaired) electrons. The fourth-order valence-electron chi connectivity index (χ4n) is 4.05. The Kier molecular flexibility index (Phi) is 8.32. The van der Waals surface area contributed by atoms with Crippen molar-refractivity contribution in [2.75, 3.05) is 38.2 Å². The van der Waals surface area contributed by atoms with E-state index in [1.807, 2.05) is 17.8 Å². The lowest BCUT2D eigenvalue weighted by atomic mass is 9.98. The molecule has 0 saturated carbocycles. The molecule has 3 aromatic rings. The molecule has 9 heteroatoms. The van der Waals surface area contributed by atoms with Gasteiger partial charge in [-0.05, 0) is 48.1 Å². The Balaban J connectivity index is 1.30. The smallest absolute Gasteiger partial charge is 0.227 e. The van der Waals surface area contributed by atoms with Crippen molar-refractivity contribution in [3.05, 3.63) is 65.0 Å². The molecule has 1 fully saturated rings. The van der Waals surface area contributed by atoms with Crippen LogP contribution in [0.4, 0.5) is 16.0 Å². The van der Waals surface area contributed by atoms with E-state index >= 15 is 0 Å². The molecule has 0 spiro atoms. The van der Waals surface area contributed by atoms with E-state index in [4.69, 9.17) is 4.74 Å². The maximum absolute atomic E-state index is 14.8. The molecule has 0 unspecified atom stereocenters. The lowest BCUT2D eigenvalue weighted by Crippen LogP contribution is -2.38. The van der Waals surface area contributed by atoms with Crippen molar-refractivity contribution in [3.8, 4) is 0 Å². The molecule has 1 aliphatic rings. The van der Waals surface area contributed by atoms with Crippen molar-refractivity contribution in [2.24, 2.45) is 0 Å². The molecular weight excluding hydrogens is 435 g/mol. The number of carbonyl (C=O) groups excluding carboxylic acids is 1. The van der Waals surface area contributed by atoms with Crippen LogP contribution in [0.3, 0.4) is 0 Å². The second-order valence-corrected chi connectivity index (χ2v) is 8.51. The molecule has 1 saturated heterocycles. The second-order valence-electron chi connectivity index (χ2n) is 8.51. The number of hydrogen-bond donors (Lipinski definition) is 1. The van der Waals surface area contributed by atoms with Crippen LogP contribution in [0.1, 0.15) is 40.4 Å². The first-order chi connectivity index (χ1) is 16.6. The number of aromatic nitrogens is 4. The first kappa shape index (κ1) is 24.0. The zero-order chi connectivity index (χ0) is 23.8. The molecule has 1 aromatic carbocycles. The quantitative estimate of drug-likeness (QED) is 0.433. The third-order valence-corrected chi connectivity index (χ3v) is 5.93. The normalized spacial score (nSPS) is 14.3. The van der Waals surface area contributed by atoms with Gasteiger partial charge in [0.05, 0.1) is 31.6 Å². The van der Waals surface area contributed by atoms with Crippen LogP contribution in [0.2, 0.25) is 0 Å². The number of rotatable bonds is 11. The maximum Gasteiger partial charge on any atom is 0.227 e. The summed E-state index contributed by atoms with van der Waals surface area (Å²) >= 11 is 0. The van der Waals surface area contributed by atoms with Gasteiger partial charge in [-0.1, -0.05) is 13.3 Å².